The predicted octanol–water partition coefficient (Wildman–Crippen LogP) is 3.62. The maximum atomic E-state index is 13.6. The normalized spacial score (nSPS) is 10.3. The van der Waals surface area contributed by atoms with Crippen LogP contribution in [-0.4, -0.2) is 5.91 Å². The number of amides is 1. The maximum absolute atomic E-state index is 13.6. The fraction of sp³-hybridized carbons (Fsp3) is 0.0714. The van der Waals surface area contributed by atoms with Crippen molar-refractivity contribution in [3.05, 3.63) is 58.4 Å². The number of rotatable bonds is 2. The first-order valence-corrected chi connectivity index (χ1v) is 5.98. The lowest BCUT2D eigenvalue weighted by Gasteiger charge is -2.10. The summed E-state index contributed by atoms with van der Waals surface area (Å²) < 4.78 is 13.6. The topological polar surface area (TPSA) is 55.1 Å². The summed E-state index contributed by atoms with van der Waals surface area (Å²) in [5.74, 6) is -1.18. The van der Waals surface area contributed by atoms with Crippen LogP contribution in [0.2, 0.25) is 5.02 Å². The second-order valence-electron chi connectivity index (χ2n) is 4.10. The van der Waals surface area contributed by atoms with Crippen molar-refractivity contribution in [2.75, 3.05) is 11.1 Å². The van der Waals surface area contributed by atoms with Gasteiger partial charge in [-0.3, -0.25) is 4.79 Å². The van der Waals surface area contributed by atoms with Crippen LogP contribution in [0, 0.1) is 12.7 Å². The van der Waals surface area contributed by atoms with Gasteiger partial charge in [0.1, 0.15) is 5.82 Å². The van der Waals surface area contributed by atoms with Crippen LogP contribution in [0.25, 0.3) is 0 Å². The lowest BCUT2D eigenvalue weighted by atomic mass is 10.1. The number of anilines is 2. The van der Waals surface area contributed by atoms with Crippen molar-refractivity contribution < 1.29 is 9.18 Å². The van der Waals surface area contributed by atoms with E-state index in [2.05, 4.69) is 5.32 Å². The minimum Gasteiger partial charge on any atom is -0.398 e. The highest BCUT2D eigenvalue weighted by molar-refractivity contribution is 6.31. The van der Waals surface area contributed by atoms with Crippen LogP contribution in [0.4, 0.5) is 15.8 Å². The molecule has 2 aromatic rings. The minimum absolute atomic E-state index is 0.102. The van der Waals surface area contributed by atoms with Crippen molar-refractivity contribution in [3.63, 3.8) is 0 Å². The molecule has 0 fully saturated rings. The van der Waals surface area contributed by atoms with Gasteiger partial charge in [0.15, 0.2) is 0 Å². The van der Waals surface area contributed by atoms with Gasteiger partial charge in [0.05, 0.1) is 5.56 Å². The number of nitrogens with one attached hydrogen (secondary N) is 1. The van der Waals surface area contributed by atoms with E-state index in [-0.39, 0.29) is 5.56 Å². The summed E-state index contributed by atoms with van der Waals surface area (Å²) in [6.07, 6.45) is 0. The summed E-state index contributed by atoms with van der Waals surface area (Å²) in [6.45, 7) is 1.78. The number of nitrogens with two attached hydrogens (primary N) is 1. The number of halogens is 2. The van der Waals surface area contributed by atoms with Crippen LogP contribution in [0.15, 0.2) is 36.4 Å². The summed E-state index contributed by atoms with van der Waals surface area (Å²) in [6, 6.07) is 8.97. The highest BCUT2D eigenvalue weighted by atomic mass is 35.5. The van der Waals surface area contributed by atoms with Gasteiger partial charge in [0.25, 0.3) is 5.91 Å². The first-order chi connectivity index (χ1) is 8.99. The van der Waals surface area contributed by atoms with Crippen LogP contribution in [0.1, 0.15) is 15.9 Å². The Kier molecular flexibility index (Phi) is 3.71. The van der Waals surface area contributed by atoms with Crippen LogP contribution >= 0.6 is 11.6 Å². The second-order valence-corrected chi connectivity index (χ2v) is 4.53. The van der Waals surface area contributed by atoms with E-state index in [1.165, 1.54) is 12.1 Å². The molecule has 0 unspecified atom stereocenters. The Bertz CT molecular complexity index is 643. The van der Waals surface area contributed by atoms with Crippen LogP contribution in [0.3, 0.4) is 0 Å². The zero-order valence-electron chi connectivity index (χ0n) is 10.2. The Morgan fingerprint density at radius 1 is 1.32 bits per heavy atom. The Hall–Kier alpha value is -2.07. The molecule has 2 rings (SSSR count). The molecule has 0 radical (unpaired) electrons. The Morgan fingerprint density at radius 2 is 2.05 bits per heavy atom. The quantitative estimate of drug-likeness (QED) is 0.824. The van der Waals surface area contributed by atoms with Crippen molar-refractivity contribution in [2.45, 2.75) is 6.92 Å². The third kappa shape index (κ3) is 2.85. The first-order valence-electron chi connectivity index (χ1n) is 5.60. The first kappa shape index (κ1) is 13.4. The number of hydrogen-bond donors (Lipinski definition) is 2. The maximum Gasteiger partial charge on any atom is 0.258 e. The Labute approximate surface area is 115 Å². The third-order valence-corrected chi connectivity index (χ3v) is 3.03. The molecule has 5 heteroatoms. The summed E-state index contributed by atoms with van der Waals surface area (Å²) in [5.41, 5.74) is 7.48. The van der Waals surface area contributed by atoms with Crippen molar-refractivity contribution in [1.29, 1.82) is 0 Å². The summed E-state index contributed by atoms with van der Waals surface area (Å²) in [7, 11) is 0. The van der Waals surface area contributed by atoms with Crippen molar-refractivity contribution in [2.24, 2.45) is 0 Å². The third-order valence-electron chi connectivity index (χ3n) is 2.80. The molecule has 0 bridgehead atoms. The van der Waals surface area contributed by atoms with Gasteiger partial charge in [-0.15, -0.1) is 0 Å². The smallest absolute Gasteiger partial charge is 0.258 e. The van der Waals surface area contributed by atoms with E-state index < -0.39 is 11.7 Å². The zero-order valence-corrected chi connectivity index (χ0v) is 11.0. The lowest BCUT2D eigenvalue weighted by Crippen LogP contribution is -2.15. The molecule has 0 aliphatic rings. The van der Waals surface area contributed by atoms with Crippen molar-refractivity contribution in [3.8, 4) is 0 Å². The van der Waals surface area contributed by atoms with E-state index in [0.717, 1.165) is 11.6 Å². The molecule has 2 aromatic carbocycles. The largest absolute Gasteiger partial charge is 0.398 e. The molecule has 0 saturated carbocycles. The number of carbonyl (C=O) groups is 1. The van der Waals surface area contributed by atoms with Gasteiger partial charge in [0, 0.05) is 16.4 Å². The molecule has 0 aliphatic heterocycles. The summed E-state index contributed by atoms with van der Waals surface area (Å²) >= 11 is 5.75. The average molecular weight is 279 g/mol. The molecule has 98 valence electrons. The predicted molar refractivity (Wildman–Crippen MR) is 75.0 cm³/mol. The van der Waals surface area contributed by atoms with Gasteiger partial charge in [-0.1, -0.05) is 17.7 Å². The van der Waals surface area contributed by atoms with Crippen molar-refractivity contribution >= 4 is 28.9 Å². The van der Waals surface area contributed by atoms with E-state index in [0.29, 0.717) is 16.4 Å². The summed E-state index contributed by atoms with van der Waals surface area (Å²) in [4.78, 5) is 12.0. The van der Waals surface area contributed by atoms with Crippen molar-refractivity contribution in [1.82, 2.24) is 0 Å². The SMILES string of the molecule is Cc1c(N)cccc1NC(=O)c1cc(Cl)ccc1F. The summed E-state index contributed by atoms with van der Waals surface area (Å²) in [5, 5.41) is 2.92. The van der Waals surface area contributed by atoms with Crippen LogP contribution in [0.5, 0.6) is 0 Å². The highest BCUT2D eigenvalue weighted by Crippen LogP contribution is 2.22. The Morgan fingerprint density at radius 3 is 2.79 bits per heavy atom. The van der Waals surface area contributed by atoms with Crippen LogP contribution < -0.4 is 11.1 Å². The molecule has 3 N–H and O–H groups in total. The zero-order chi connectivity index (χ0) is 14.0. The Balaban J connectivity index is 2.31. The van der Waals surface area contributed by atoms with Gasteiger partial charge >= 0.3 is 0 Å². The molecule has 0 aliphatic carbocycles. The number of nitrogen functional groups attached to an aromatic ring is 1. The lowest BCUT2D eigenvalue weighted by molar-refractivity contribution is 0.102. The molecule has 0 heterocycles. The van der Waals surface area contributed by atoms with Crippen LogP contribution in [-0.2, 0) is 0 Å². The average Bonchev–Trinajstić information content (AvgIpc) is 2.38. The highest BCUT2D eigenvalue weighted by Gasteiger charge is 2.13. The standard InChI is InChI=1S/C14H12ClFN2O/c1-8-12(17)3-2-4-13(8)18-14(19)10-7-9(15)5-6-11(10)16/h2-7H,17H2,1H3,(H,18,19). The molecule has 0 aromatic heterocycles. The number of benzene rings is 2. The van der Waals surface area contributed by atoms with E-state index in [4.69, 9.17) is 17.3 Å². The second kappa shape index (κ2) is 5.28. The number of hydrogen-bond acceptors (Lipinski definition) is 2. The molecule has 19 heavy (non-hydrogen) atoms. The fourth-order valence-corrected chi connectivity index (χ4v) is 1.82. The molecule has 0 spiro atoms. The van der Waals surface area contributed by atoms with Gasteiger partial charge in [-0.05, 0) is 42.8 Å². The molecule has 0 atom stereocenters. The molecular formula is C14H12ClFN2O. The molecule has 3 nitrogen and oxygen atoms in total. The van der Waals surface area contributed by atoms with E-state index in [1.54, 1.807) is 25.1 Å². The van der Waals surface area contributed by atoms with Gasteiger partial charge in [-0.2, -0.15) is 0 Å². The molecular weight excluding hydrogens is 267 g/mol. The minimum atomic E-state index is -0.622. The monoisotopic (exact) mass is 278 g/mol. The van der Waals surface area contributed by atoms with Gasteiger partial charge in [-0.25, -0.2) is 4.39 Å². The molecule has 0 saturated heterocycles. The molecule has 1 amide bonds. The fourth-order valence-electron chi connectivity index (χ4n) is 1.65. The van der Waals surface area contributed by atoms with E-state index in [9.17, 15) is 9.18 Å². The van der Waals surface area contributed by atoms with Gasteiger partial charge in [0.2, 0.25) is 0 Å². The van der Waals surface area contributed by atoms with E-state index in [1.807, 2.05) is 0 Å². The van der Waals surface area contributed by atoms with Gasteiger partial charge < -0.3 is 11.1 Å². The van der Waals surface area contributed by atoms with E-state index >= 15 is 0 Å². The number of carbonyl (C=O) groups excluding carboxylic acids is 1.